The second kappa shape index (κ2) is 8.79. The van der Waals surface area contributed by atoms with E-state index in [9.17, 15) is 18.8 Å². The minimum atomic E-state index is -1.21. The van der Waals surface area contributed by atoms with Gasteiger partial charge < -0.3 is 20.1 Å². The monoisotopic (exact) mass is 477 g/mol. The fourth-order valence-electron chi connectivity index (χ4n) is 5.29. The van der Waals surface area contributed by atoms with E-state index in [4.69, 9.17) is 0 Å². The molecule has 2 N–H and O–H groups in total. The Labute approximate surface area is 202 Å². The molecule has 0 bridgehead atoms. The lowest BCUT2D eigenvalue weighted by molar-refractivity contribution is -0.133. The highest BCUT2D eigenvalue weighted by atomic mass is 19.1. The van der Waals surface area contributed by atoms with Gasteiger partial charge in [-0.1, -0.05) is 18.9 Å². The molecule has 1 aliphatic heterocycles. The molecule has 0 spiro atoms. The molecule has 3 aromatic rings. The summed E-state index contributed by atoms with van der Waals surface area (Å²) in [6.07, 6.45) is 7.28. The molecule has 1 aliphatic carbocycles. The summed E-state index contributed by atoms with van der Waals surface area (Å²) < 4.78 is 15.9. The van der Waals surface area contributed by atoms with Crippen LogP contribution in [0.25, 0.3) is 10.9 Å². The van der Waals surface area contributed by atoms with Crippen molar-refractivity contribution in [1.82, 2.24) is 19.8 Å². The molecular weight excluding hydrogens is 449 g/mol. The van der Waals surface area contributed by atoms with Crippen LogP contribution in [0.5, 0.6) is 0 Å². The van der Waals surface area contributed by atoms with Gasteiger partial charge in [0, 0.05) is 37.3 Å². The third-order valence-corrected chi connectivity index (χ3v) is 7.08. The minimum Gasteiger partial charge on any atom is -0.351 e. The quantitative estimate of drug-likeness (QED) is 0.587. The molecule has 0 radical (unpaired) electrons. The maximum Gasteiger partial charge on any atom is 0.273 e. The molecule has 1 fully saturated rings. The number of anilines is 1. The van der Waals surface area contributed by atoms with Gasteiger partial charge in [0.05, 0.1) is 17.7 Å². The van der Waals surface area contributed by atoms with Crippen molar-refractivity contribution >= 4 is 34.3 Å². The second-order valence-corrected chi connectivity index (χ2v) is 9.63. The van der Waals surface area contributed by atoms with Gasteiger partial charge in [-0.05, 0) is 49.6 Å². The fourth-order valence-corrected chi connectivity index (χ4v) is 5.29. The molecule has 2 aliphatic rings. The predicted octanol–water partition coefficient (Wildman–Crippen LogP) is 3.61. The van der Waals surface area contributed by atoms with Crippen molar-refractivity contribution in [1.29, 1.82) is 0 Å². The minimum absolute atomic E-state index is 0.0847. The molecule has 2 aromatic heterocycles. The first-order chi connectivity index (χ1) is 16.8. The molecule has 35 heavy (non-hydrogen) atoms. The molecule has 1 atom stereocenters. The average Bonchev–Trinajstić information content (AvgIpc) is 3.43. The van der Waals surface area contributed by atoms with Crippen molar-refractivity contribution in [2.75, 3.05) is 5.32 Å². The zero-order valence-electron chi connectivity index (χ0n) is 19.8. The molecule has 0 saturated heterocycles. The van der Waals surface area contributed by atoms with Crippen LogP contribution in [0.2, 0.25) is 0 Å². The average molecular weight is 478 g/mol. The molecule has 5 rings (SSSR count). The number of nitrogens with one attached hydrogen (secondary N) is 2. The first kappa shape index (κ1) is 23.0. The second-order valence-electron chi connectivity index (χ2n) is 9.63. The van der Waals surface area contributed by atoms with Gasteiger partial charge in [-0.25, -0.2) is 4.39 Å². The Balaban J connectivity index is 1.66. The van der Waals surface area contributed by atoms with Gasteiger partial charge in [0.1, 0.15) is 17.1 Å². The van der Waals surface area contributed by atoms with Gasteiger partial charge >= 0.3 is 0 Å². The summed E-state index contributed by atoms with van der Waals surface area (Å²) in [7, 11) is 0. The third kappa shape index (κ3) is 4.05. The number of nitrogens with zero attached hydrogens (tertiary/aromatic N) is 3. The van der Waals surface area contributed by atoms with Crippen molar-refractivity contribution in [3.8, 4) is 0 Å². The smallest absolute Gasteiger partial charge is 0.273 e. The van der Waals surface area contributed by atoms with Crippen LogP contribution in [0.3, 0.4) is 0 Å². The van der Waals surface area contributed by atoms with E-state index in [1.54, 1.807) is 40.9 Å². The Hall–Kier alpha value is -3.75. The first-order valence-corrected chi connectivity index (χ1v) is 11.9. The van der Waals surface area contributed by atoms with Gasteiger partial charge in [-0.2, -0.15) is 0 Å². The Kier molecular flexibility index (Phi) is 5.78. The first-order valence-electron chi connectivity index (χ1n) is 11.9. The van der Waals surface area contributed by atoms with E-state index in [2.05, 4.69) is 15.6 Å². The number of hydrogen-bond acceptors (Lipinski definition) is 4. The van der Waals surface area contributed by atoms with Gasteiger partial charge in [0.15, 0.2) is 0 Å². The molecule has 1 aromatic carbocycles. The van der Waals surface area contributed by atoms with Crippen molar-refractivity contribution < 1.29 is 18.8 Å². The van der Waals surface area contributed by atoms with Crippen LogP contribution >= 0.6 is 0 Å². The number of hydrogen-bond donors (Lipinski definition) is 2. The lowest BCUT2D eigenvalue weighted by atomic mass is 9.93. The number of amides is 3. The van der Waals surface area contributed by atoms with Crippen LogP contribution in [0.4, 0.5) is 10.1 Å². The number of rotatable bonds is 5. The lowest BCUT2D eigenvalue weighted by Gasteiger charge is -2.44. The van der Waals surface area contributed by atoms with Crippen molar-refractivity contribution in [3.05, 3.63) is 59.8 Å². The number of halogens is 1. The van der Waals surface area contributed by atoms with E-state index in [1.165, 1.54) is 19.1 Å². The normalized spacial score (nSPS) is 20.2. The number of pyridine rings is 1. The predicted molar refractivity (Wildman–Crippen MR) is 129 cm³/mol. The van der Waals surface area contributed by atoms with Gasteiger partial charge in [0.2, 0.25) is 11.8 Å². The van der Waals surface area contributed by atoms with E-state index in [1.807, 2.05) is 6.07 Å². The Morgan fingerprint density at radius 2 is 2.00 bits per heavy atom. The van der Waals surface area contributed by atoms with Crippen LogP contribution in [-0.4, -0.2) is 43.8 Å². The summed E-state index contributed by atoms with van der Waals surface area (Å²) in [4.78, 5) is 45.6. The molecule has 1 saturated carbocycles. The highest BCUT2D eigenvalue weighted by Gasteiger charge is 2.49. The van der Waals surface area contributed by atoms with Gasteiger partial charge in [-0.3, -0.25) is 19.4 Å². The molecule has 9 heteroatoms. The van der Waals surface area contributed by atoms with Crippen molar-refractivity contribution in [2.24, 2.45) is 0 Å². The van der Waals surface area contributed by atoms with E-state index >= 15 is 0 Å². The number of aromatic nitrogens is 2. The fraction of sp³-hybridized carbons (Fsp3) is 0.385. The molecule has 8 nitrogen and oxygen atoms in total. The van der Waals surface area contributed by atoms with Gasteiger partial charge in [-0.15, -0.1) is 0 Å². The van der Waals surface area contributed by atoms with Crippen LogP contribution in [0.15, 0.2) is 42.7 Å². The number of carbonyl (C=O) groups is 3. The Bertz CT molecular complexity index is 1320. The maximum atomic E-state index is 14.2. The van der Waals surface area contributed by atoms with Crippen LogP contribution in [-0.2, 0) is 22.7 Å². The Morgan fingerprint density at radius 3 is 2.69 bits per heavy atom. The van der Waals surface area contributed by atoms with Crippen LogP contribution < -0.4 is 10.6 Å². The number of carbonyl (C=O) groups excluding carboxylic acids is 3. The highest BCUT2D eigenvalue weighted by molar-refractivity contribution is 6.14. The summed E-state index contributed by atoms with van der Waals surface area (Å²) in [5.41, 5.74) is 0.634. The van der Waals surface area contributed by atoms with Crippen molar-refractivity contribution in [3.63, 3.8) is 0 Å². The van der Waals surface area contributed by atoms with E-state index in [-0.39, 0.29) is 42.3 Å². The number of benzene rings is 1. The SMILES string of the molecule is CC(=O)Nc1c2n(c3ccc(F)cc13)C[C@](C)(C(=O)NC1CCCC1)N(Cc1cccnc1)C2=O. The summed E-state index contributed by atoms with van der Waals surface area (Å²) in [6.45, 7) is 3.43. The summed E-state index contributed by atoms with van der Waals surface area (Å²) in [5.74, 6) is -1.49. The molecular formula is C26H28FN5O3. The topological polar surface area (TPSA) is 96.3 Å². The van der Waals surface area contributed by atoms with E-state index < -0.39 is 17.3 Å². The number of fused-ring (bicyclic) bond motifs is 3. The largest absolute Gasteiger partial charge is 0.351 e. The molecule has 3 amide bonds. The summed E-state index contributed by atoms with van der Waals surface area (Å²) in [5, 5.41) is 6.31. The third-order valence-electron chi connectivity index (χ3n) is 7.08. The zero-order chi connectivity index (χ0) is 24.7. The maximum absolute atomic E-state index is 14.2. The molecule has 3 heterocycles. The van der Waals surface area contributed by atoms with Gasteiger partial charge in [0.25, 0.3) is 5.91 Å². The summed E-state index contributed by atoms with van der Waals surface area (Å²) in [6, 6.07) is 7.92. The molecule has 182 valence electrons. The van der Waals surface area contributed by atoms with E-state index in [0.717, 1.165) is 31.2 Å². The zero-order valence-corrected chi connectivity index (χ0v) is 19.8. The van der Waals surface area contributed by atoms with Crippen molar-refractivity contribution in [2.45, 2.75) is 64.2 Å². The van der Waals surface area contributed by atoms with Crippen LogP contribution in [0.1, 0.15) is 55.6 Å². The standard InChI is InChI=1S/C26H28FN5O3/c1-16(33)29-22-20-12-18(27)9-10-21(20)31-15-26(2,25(35)30-19-7-3-4-8-19)32(24(34)23(22)31)14-17-6-5-11-28-13-17/h5-6,9-13,19H,3-4,7-8,14-15H2,1-2H3,(H,29,33)(H,30,35)/t26-/m1/s1. The Morgan fingerprint density at radius 1 is 1.23 bits per heavy atom. The highest BCUT2D eigenvalue weighted by Crippen LogP contribution is 2.40. The lowest BCUT2D eigenvalue weighted by Crippen LogP contribution is -2.64. The van der Waals surface area contributed by atoms with Crippen LogP contribution in [0, 0.1) is 5.82 Å². The van der Waals surface area contributed by atoms with E-state index in [0.29, 0.717) is 10.9 Å². The molecule has 0 unspecified atom stereocenters. The summed E-state index contributed by atoms with van der Waals surface area (Å²) >= 11 is 0.